The molecule has 0 saturated carbocycles. The van der Waals surface area contributed by atoms with Crippen LogP contribution in [-0.2, 0) is 4.74 Å². The fourth-order valence-corrected chi connectivity index (χ4v) is 2.53. The number of rotatable bonds is 4. The number of ether oxygens (including phenoxy) is 1. The van der Waals surface area contributed by atoms with Gasteiger partial charge in [0.2, 0.25) is 0 Å². The van der Waals surface area contributed by atoms with Gasteiger partial charge in [-0.3, -0.25) is 4.79 Å². The fourth-order valence-electron chi connectivity index (χ4n) is 2.53. The fraction of sp³-hybridized carbons (Fsp3) is 0.412. The highest BCUT2D eigenvalue weighted by Crippen LogP contribution is 2.15. The van der Waals surface area contributed by atoms with Gasteiger partial charge in [0.25, 0.3) is 5.91 Å². The van der Waals surface area contributed by atoms with E-state index < -0.39 is 6.09 Å². The van der Waals surface area contributed by atoms with Gasteiger partial charge in [-0.1, -0.05) is 30.4 Å². The Kier molecular flexibility index (Phi) is 5.58. The van der Waals surface area contributed by atoms with E-state index in [1.807, 2.05) is 36.1 Å². The number of amides is 2. The summed E-state index contributed by atoms with van der Waals surface area (Å²) in [6.45, 7) is 6.95. The monoisotopic (exact) mass is 302 g/mol. The zero-order valence-corrected chi connectivity index (χ0v) is 12.9. The molecule has 1 aliphatic rings. The van der Waals surface area contributed by atoms with Crippen molar-refractivity contribution in [1.82, 2.24) is 10.2 Å². The predicted molar refractivity (Wildman–Crippen MR) is 84.8 cm³/mol. The number of carbonyl (C=O) groups excluding carboxylic acids is 2. The van der Waals surface area contributed by atoms with Crippen molar-refractivity contribution in [3.8, 4) is 0 Å². The van der Waals surface area contributed by atoms with Gasteiger partial charge >= 0.3 is 6.09 Å². The maximum absolute atomic E-state index is 12.4. The van der Waals surface area contributed by atoms with Gasteiger partial charge in [0, 0.05) is 24.7 Å². The molecule has 5 heteroatoms. The molecule has 0 aromatic heterocycles. The molecule has 1 aliphatic heterocycles. The second kappa shape index (κ2) is 7.64. The molecular formula is C17H22N2O3. The van der Waals surface area contributed by atoms with E-state index in [-0.39, 0.29) is 18.6 Å². The van der Waals surface area contributed by atoms with Crippen LogP contribution in [0.4, 0.5) is 4.79 Å². The van der Waals surface area contributed by atoms with E-state index >= 15 is 0 Å². The van der Waals surface area contributed by atoms with Crippen molar-refractivity contribution in [3.63, 3.8) is 0 Å². The van der Waals surface area contributed by atoms with Gasteiger partial charge in [-0.05, 0) is 31.9 Å². The van der Waals surface area contributed by atoms with Crippen molar-refractivity contribution >= 4 is 12.0 Å². The lowest BCUT2D eigenvalue weighted by molar-refractivity contribution is 0.0703. The molecule has 2 rings (SSSR count). The Morgan fingerprint density at radius 3 is 2.77 bits per heavy atom. The summed E-state index contributed by atoms with van der Waals surface area (Å²) in [5, 5.41) is 2.82. The second-order valence-corrected chi connectivity index (χ2v) is 5.47. The number of nitrogens with one attached hydrogen (secondary N) is 1. The summed E-state index contributed by atoms with van der Waals surface area (Å²) in [4.78, 5) is 25.7. The van der Waals surface area contributed by atoms with Gasteiger partial charge in [0.05, 0.1) is 0 Å². The summed E-state index contributed by atoms with van der Waals surface area (Å²) < 4.78 is 4.90. The van der Waals surface area contributed by atoms with Crippen LogP contribution in [0, 0.1) is 6.92 Å². The van der Waals surface area contributed by atoms with Gasteiger partial charge in [0.1, 0.15) is 6.61 Å². The van der Waals surface area contributed by atoms with Crippen molar-refractivity contribution in [2.24, 2.45) is 0 Å². The minimum absolute atomic E-state index is 0.0522. The lowest BCUT2D eigenvalue weighted by Crippen LogP contribution is -2.46. The van der Waals surface area contributed by atoms with Crippen LogP contribution in [0.5, 0.6) is 0 Å². The molecule has 1 fully saturated rings. The minimum Gasteiger partial charge on any atom is -0.445 e. The summed E-state index contributed by atoms with van der Waals surface area (Å²) in [6.07, 6.45) is 2.58. The Morgan fingerprint density at radius 1 is 1.41 bits per heavy atom. The smallest absolute Gasteiger partial charge is 0.407 e. The molecule has 0 aliphatic carbocycles. The van der Waals surface area contributed by atoms with Crippen LogP contribution >= 0.6 is 0 Å². The number of carbonyl (C=O) groups is 2. The third-order valence-corrected chi connectivity index (χ3v) is 3.70. The molecule has 118 valence electrons. The molecule has 22 heavy (non-hydrogen) atoms. The summed E-state index contributed by atoms with van der Waals surface area (Å²) in [5.41, 5.74) is 1.80. The zero-order valence-electron chi connectivity index (χ0n) is 12.9. The Hall–Kier alpha value is -2.30. The van der Waals surface area contributed by atoms with Gasteiger partial charge in [-0.15, -0.1) is 0 Å². The Morgan fingerprint density at radius 2 is 2.14 bits per heavy atom. The predicted octanol–water partition coefficient (Wildman–Crippen LogP) is 2.51. The number of likely N-dealkylation sites (tertiary alicyclic amines) is 1. The Bertz CT molecular complexity index is 549. The molecule has 1 aromatic carbocycles. The molecule has 0 atom stereocenters. The summed E-state index contributed by atoms with van der Waals surface area (Å²) in [5.74, 6) is 0.0522. The average molecular weight is 302 g/mol. The molecular weight excluding hydrogens is 280 g/mol. The van der Waals surface area contributed by atoms with Crippen LogP contribution in [0.1, 0.15) is 28.8 Å². The number of aryl methyl sites for hydroxylation is 1. The molecule has 0 bridgehead atoms. The standard InChI is InChI=1S/C17H22N2O3/c1-3-11-22-17(21)18-15-7-9-19(10-8-15)16(20)14-6-4-5-13(2)12-14/h3-6,12,15H,1,7-11H2,2H3,(H,18,21). The van der Waals surface area contributed by atoms with Crippen molar-refractivity contribution < 1.29 is 14.3 Å². The molecule has 1 saturated heterocycles. The number of hydrogen-bond donors (Lipinski definition) is 1. The normalized spacial score (nSPS) is 15.2. The second-order valence-electron chi connectivity index (χ2n) is 5.47. The first-order chi connectivity index (χ1) is 10.6. The van der Waals surface area contributed by atoms with Crippen molar-refractivity contribution in [2.75, 3.05) is 19.7 Å². The lowest BCUT2D eigenvalue weighted by atomic mass is 10.0. The van der Waals surface area contributed by atoms with E-state index in [0.717, 1.165) is 24.0 Å². The highest BCUT2D eigenvalue weighted by atomic mass is 16.5. The Labute approximate surface area is 130 Å². The largest absolute Gasteiger partial charge is 0.445 e. The number of benzene rings is 1. The summed E-state index contributed by atoms with van der Waals surface area (Å²) in [7, 11) is 0. The average Bonchev–Trinajstić information content (AvgIpc) is 2.53. The van der Waals surface area contributed by atoms with Crippen molar-refractivity contribution in [3.05, 3.63) is 48.0 Å². The number of alkyl carbamates (subject to hydrolysis) is 1. The van der Waals surface area contributed by atoms with E-state index in [0.29, 0.717) is 13.1 Å². The summed E-state index contributed by atoms with van der Waals surface area (Å²) in [6, 6.07) is 7.67. The topological polar surface area (TPSA) is 58.6 Å². The first-order valence-electron chi connectivity index (χ1n) is 7.50. The molecule has 0 radical (unpaired) electrons. The van der Waals surface area contributed by atoms with Crippen LogP contribution in [0.15, 0.2) is 36.9 Å². The SMILES string of the molecule is C=CCOC(=O)NC1CCN(C(=O)c2cccc(C)c2)CC1. The lowest BCUT2D eigenvalue weighted by Gasteiger charge is -2.32. The molecule has 0 spiro atoms. The molecule has 1 N–H and O–H groups in total. The quantitative estimate of drug-likeness (QED) is 0.869. The van der Waals surface area contributed by atoms with Crippen LogP contribution in [0.3, 0.4) is 0 Å². The molecule has 5 nitrogen and oxygen atoms in total. The first-order valence-corrected chi connectivity index (χ1v) is 7.50. The third kappa shape index (κ3) is 4.35. The van der Waals surface area contributed by atoms with Gasteiger partial charge in [-0.2, -0.15) is 0 Å². The van der Waals surface area contributed by atoms with Crippen molar-refractivity contribution in [2.45, 2.75) is 25.8 Å². The first kappa shape index (κ1) is 16.1. The van der Waals surface area contributed by atoms with Crippen LogP contribution in [0.2, 0.25) is 0 Å². The third-order valence-electron chi connectivity index (χ3n) is 3.70. The highest BCUT2D eigenvalue weighted by molar-refractivity contribution is 5.94. The number of hydrogen-bond acceptors (Lipinski definition) is 3. The van der Waals surface area contributed by atoms with Gasteiger partial charge < -0.3 is 15.0 Å². The minimum atomic E-state index is -0.427. The zero-order chi connectivity index (χ0) is 15.9. The maximum Gasteiger partial charge on any atom is 0.407 e. The highest BCUT2D eigenvalue weighted by Gasteiger charge is 2.24. The van der Waals surface area contributed by atoms with E-state index in [2.05, 4.69) is 11.9 Å². The van der Waals surface area contributed by atoms with E-state index in [1.54, 1.807) is 0 Å². The van der Waals surface area contributed by atoms with Gasteiger partial charge in [-0.25, -0.2) is 4.79 Å². The van der Waals surface area contributed by atoms with E-state index in [4.69, 9.17) is 4.74 Å². The van der Waals surface area contributed by atoms with E-state index in [1.165, 1.54) is 6.08 Å². The Balaban J connectivity index is 1.83. The van der Waals surface area contributed by atoms with Gasteiger partial charge in [0.15, 0.2) is 0 Å². The molecule has 0 unspecified atom stereocenters. The number of piperidine rings is 1. The van der Waals surface area contributed by atoms with E-state index in [9.17, 15) is 9.59 Å². The number of nitrogens with zero attached hydrogens (tertiary/aromatic N) is 1. The molecule has 1 heterocycles. The van der Waals surface area contributed by atoms with Crippen LogP contribution < -0.4 is 5.32 Å². The van der Waals surface area contributed by atoms with Crippen LogP contribution in [0.25, 0.3) is 0 Å². The van der Waals surface area contributed by atoms with Crippen molar-refractivity contribution in [1.29, 1.82) is 0 Å². The molecule has 2 amide bonds. The molecule has 1 aromatic rings. The van der Waals surface area contributed by atoms with Crippen LogP contribution in [-0.4, -0.2) is 42.6 Å². The maximum atomic E-state index is 12.4. The summed E-state index contributed by atoms with van der Waals surface area (Å²) >= 11 is 0.